The normalized spacial score (nSPS) is 14.5. The Bertz CT molecular complexity index is 424. The maximum atomic E-state index is 12.5. The molecule has 24 heavy (non-hydrogen) atoms. The molecule has 0 radical (unpaired) electrons. The van der Waals surface area contributed by atoms with E-state index in [1.807, 2.05) is 8.61 Å². The number of rotatable bonds is 12. The van der Waals surface area contributed by atoms with Crippen molar-refractivity contribution in [3.05, 3.63) is 0 Å². The van der Waals surface area contributed by atoms with Gasteiger partial charge in [0.25, 0.3) is 0 Å². The van der Waals surface area contributed by atoms with Crippen molar-refractivity contribution in [2.75, 3.05) is 39.3 Å². The van der Waals surface area contributed by atoms with Gasteiger partial charge in [-0.15, -0.1) is 0 Å². The minimum Gasteiger partial charge on any atom is -0.252 e. The summed E-state index contributed by atoms with van der Waals surface area (Å²) in [5.74, 6) is 0. The van der Waals surface area contributed by atoms with Crippen molar-refractivity contribution in [3.8, 4) is 12.1 Å². The SMILES string of the molecule is CCCCN(CC#N)SN1CCN(SN(CC#N)CCCC)C1=O. The Kier molecular flexibility index (Phi) is 10.7. The second-order valence-corrected chi connectivity index (χ2v) is 7.64. The summed E-state index contributed by atoms with van der Waals surface area (Å²) in [6, 6.07) is 4.24. The third-order valence-electron chi connectivity index (χ3n) is 3.38. The van der Waals surface area contributed by atoms with Gasteiger partial charge in [-0.25, -0.2) is 13.4 Å². The lowest BCUT2D eigenvalue weighted by Gasteiger charge is -2.25. The van der Waals surface area contributed by atoms with Crippen molar-refractivity contribution in [1.29, 1.82) is 10.5 Å². The number of carbonyl (C=O) groups is 1. The van der Waals surface area contributed by atoms with E-state index >= 15 is 0 Å². The zero-order valence-electron chi connectivity index (χ0n) is 14.5. The number of amides is 2. The zero-order chi connectivity index (χ0) is 17.8. The highest BCUT2D eigenvalue weighted by Gasteiger charge is 2.32. The highest BCUT2D eigenvalue weighted by Crippen LogP contribution is 2.28. The fourth-order valence-corrected chi connectivity index (χ4v) is 3.98. The molecule has 1 rings (SSSR count). The van der Waals surface area contributed by atoms with Gasteiger partial charge in [-0.05, 0) is 12.8 Å². The molecule has 0 N–H and O–H groups in total. The standard InChI is InChI=1S/C15H26N6OS2/c1-3-5-9-18(11-7-16)23-20-13-14-21(15(20)22)24-19(12-8-17)10-6-4-2/h3-6,9-14H2,1-2H3. The second-order valence-electron chi connectivity index (χ2n) is 5.40. The molecule has 0 atom stereocenters. The molecule has 1 aliphatic heterocycles. The molecule has 134 valence electrons. The number of carbonyl (C=O) groups excluding carboxylic acids is 1. The summed E-state index contributed by atoms with van der Waals surface area (Å²) in [5.41, 5.74) is 0. The molecule has 0 saturated carbocycles. The molecule has 0 spiro atoms. The fourth-order valence-electron chi connectivity index (χ4n) is 2.05. The van der Waals surface area contributed by atoms with Crippen LogP contribution in [0.1, 0.15) is 39.5 Å². The predicted octanol–water partition coefficient (Wildman–Crippen LogP) is 3.10. The van der Waals surface area contributed by atoms with Gasteiger partial charge in [0.05, 0.1) is 38.3 Å². The number of hydrogen-bond donors (Lipinski definition) is 0. The number of hydrogen-bond acceptors (Lipinski definition) is 7. The van der Waals surface area contributed by atoms with Crippen LogP contribution in [0.4, 0.5) is 4.79 Å². The lowest BCUT2D eigenvalue weighted by molar-refractivity contribution is 0.226. The monoisotopic (exact) mass is 370 g/mol. The zero-order valence-corrected chi connectivity index (χ0v) is 16.1. The summed E-state index contributed by atoms with van der Waals surface area (Å²) >= 11 is 2.69. The van der Waals surface area contributed by atoms with Crippen LogP contribution in [0.2, 0.25) is 0 Å². The Balaban J connectivity index is 2.53. The topological polar surface area (TPSA) is 77.6 Å². The Morgan fingerprint density at radius 2 is 1.38 bits per heavy atom. The van der Waals surface area contributed by atoms with Crippen LogP contribution in [0.25, 0.3) is 0 Å². The Morgan fingerprint density at radius 3 is 1.71 bits per heavy atom. The lowest BCUT2D eigenvalue weighted by Crippen LogP contribution is -2.31. The summed E-state index contributed by atoms with van der Waals surface area (Å²) in [4.78, 5) is 12.5. The number of unbranched alkanes of at least 4 members (excludes halogenated alkanes) is 2. The van der Waals surface area contributed by atoms with Crippen LogP contribution in [-0.2, 0) is 0 Å². The van der Waals surface area contributed by atoms with E-state index in [0.29, 0.717) is 26.2 Å². The first-order valence-electron chi connectivity index (χ1n) is 8.35. The quantitative estimate of drug-likeness (QED) is 0.386. The molecular weight excluding hydrogens is 344 g/mol. The third kappa shape index (κ3) is 7.18. The fraction of sp³-hybridized carbons (Fsp3) is 0.800. The molecule has 0 aromatic rings. The Morgan fingerprint density at radius 1 is 0.958 bits per heavy atom. The maximum absolute atomic E-state index is 12.5. The molecule has 0 bridgehead atoms. The smallest absolute Gasteiger partial charge is 0.252 e. The van der Waals surface area contributed by atoms with Gasteiger partial charge in [0.1, 0.15) is 0 Å². The van der Waals surface area contributed by atoms with Crippen molar-refractivity contribution in [2.24, 2.45) is 0 Å². The van der Waals surface area contributed by atoms with Crippen LogP contribution >= 0.6 is 24.3 Å². The van der Waals surface area contributed by atoms with Crippen LogP contribution in [0.3, 0.4) is 0 Å². The first-order valence-corrected chi connectivity index (χ1v) is 9.81. The molecule has 7 nitrogen and oxygen atoms in total. The number of nitrogens with zero attached hydrogens (tertiary/aromatic N) is 6. The summed E-state index contributed by atoms with van der Waals surface area (Å²) in [6.07, 6.45) is 4.11. The van der Waals surface area contributed by atoms with Crippen LogP contribution in [0, 0.1) is 22.7 Å². The van der Waals surface area contributed by atoms with E-state index in [2.05, 4.69) is 26.0 Å². The predicted molar refractivity (Wildman–Crippen MR) is 98.2 cm³/mol. The first-order chi connectivity index (χ1) is 11.7. The summed E-state index contributed by atoms with van der Waals surface area (Å²) < 4.78 is 7.26. The maximum Gasteiger partial charge on any atom is 0.342 e. The van der Waals surface area contributed by atoms with Gasteiger partial charge in [-0.3, -0.25) is 8.61 Å². The lowest BCUT2D eigenvalue weighted by atomic mass is 10.3. The van der Waals surface area contributed by atoms with Gasteiger partial charge in [-0.1, -0.05) is 26.7 Å². The molecule has 9 heteroatoms. The molecule has 0 aliphatic carbocycles. The van der Waals surface area contributed by atoms with E-state index < -0.39 is 0 Å². The van der Waals surface area contributed by atoms with Crippen LogP contribution in [-0.4, -0.2) is 62.5 Å². The van der Waals surface area contributed by atoms with E-state index in [1.165, 1.54) is 24.3 Å². The molecule has 2 amide bonds. The van der Waals surface area contributed by atoms with Gasteiger partial charge < -0.3 is 0 Å². The van der Waals surface area contributed by atoms with Crippen LogP contribution in [0.5, 0.6) is 0 Å². The molecule has 1 saturated heterocycles. The van der Waals surface area contributed by atoms with Gasteiger partial charge in [0.15, 0.2) is 0 Å². The molecule has 0 unspecified atom stereocenters. The molecule has 1 heterocycles. The van der Waals surface area contributed by atoms with E-state index in [1.54, 1.807) is 8.61 Å². The van der Waals surface area contributed by atoms with Gasteiger partial charge >= 0.3 is 6.03 Å². The summed E-state index contributed by atoms with van der Waals surface area (Å²) in [5, 5.41) is 17.9. The van der Waals surface area contributed by atoms with E-state index in [0.717, 1.165) is 38.8 Å². The average Bonchev–Trinajstić information content (AvgIpc) is 2.91. The Hall–Kier alpha value is -1.13. The first kappa shape index (κ1) is 20.9. The summed E-state index contributed by atoms with van der Waals surface area (Å²) in [7, 11) is 0. The van der Waals surface area contributed by atoms with Gasteiger partial charge in [-0.2, -0.15) is 10.5 Å². The minimum absolute atomic E-state index is 0.0659. The van der Waals surface area contributed by atoms with Crippen molar-refractivity contribution in [2.45, 2.75) is 39.5 Å². The van der Waals surface area contributed by atoms with Crippen molar-refractivity contribution in [1.82, 2.24) is 17.2 Å². The molecule has 0 aromatic heterocycles. The highest BCUT2D eigenvalue weighted by atomic mass is 32.2. The minimum atomic E-state index is -0.0659. The van der Waals surface area contributed by atoms with Gasteiger partial charge in [0, 0.05) is 37.4 Å². The van der Waals surface area contributed by atoms with Crippen LogP contribution in [0.15, 0.2) is 0 Å². The van der Waals surface area contributed by atoms with Crippen molar-refractivity contribution < 1.29 is 4.79 Å². The summed E-state index contributed by atoms with van der Waals surface area (Å²) in [6.45, 7) is 7.66. The second kappa shape index (κ2) is 12.3. The Labute approximate surface area is 154 Å². The molecular formula is C15H26N6OS2. The number of nitriles is 2. The molecule has 1 aliphatic rings. The number of urea groups is 1. The van der Waals surface area contributed by atoms with Crippen LogP contribution < -0.4 is 0 Å². The highest BCUT2D eigenvalue weighted by molar-refractivity contribution is 7.96. The average molecular weight is 371 g/mol. The van der Waals surface area contributed by atoms with E-state index in [9.17, 15) is 4.79 Å². The van der Waals surface area contributed by atoms with E-state index in [-0.39, 0.29) is 6.03 Å². The van der Waals surface area contributed by atoms with E-state index in [4.69, 9.17) is 10.5 Å². The molecule has 0 aromatic carbocycles. The van der Waals surface area contributed by atoms with Crippen molar-refractivity contribution >= 4 is 30.3 Å². The van der Waals surface area contributed by atoms with Gasteiger partial charge in [0.2, 0.25) is 0 Å². The van der Waals surface area contributed by atoms with Crippen molar-refractivity contribution in [3.63, 3.8) is 0 Å². The third-order valence-corrected chi connectivity index (χ3v) is 5.53. The largest absolute Gasteiger partial charge is 0.342 e. The molecule has 1 fully saturated rings.